The molecule has 0 aromatic heterocycles. The number of ether oxygens (including phenoxy) is 1. The lowest BCUT2D eigenvalue weighted by molar-refractivity contribution is -0.116. The predicted octanol–water partition coefficient (Wildman–Crippen LogP) is 1.91. The van der Waals surface area contributed by atoms with Crippen molar-refractivity contribution in [2.45, 2.75) is 19.3 Å². The number of hydrogen-bond acceptors (Lipinski definition) is 4. The van der Waals surface area contributed by atoms with E-state index in [2.05, 4.69) is 5.32 Å². The minimum atomic E-state index is -0.926. The lowest BCUT2D eigenvalue weighted by atomic mass is 10.2. The van der Waals surface area contributed by atoms with E-state index in [1.165, 1.54) is 12.1 Å². The van der Waals surface area contributed by atoms with Gasteiger partial charge in [-0.05, 0) is 31.0 Å². The number of nitrogens with two attached hydrogens (primary N) is 1. The molecule has 1 atom stereocenters. The Balaban J connectivity index is 2.26. The van der Waals surface area contributed by atoms with Crippen molar-refractivity contribution in [3.05, 3.63) is 24.0 Å². The first-order chi connectivity index (χ1) is 10.0. The number of halogens is 1. The molecule has 0 spiro atoms. The van der Waals surface area contributed by atoms with Crippen molar-refractivity contribution >= 4 is 28.1 Å². The summed E-state index contributed by atoms with van der Waals surface area (Å²) in [5.41, 5.74) is 6.18. The fourth-order valence-electron chi connectivity index (χ4n) is 1.72. The molecule has 1 rings (SSSR count). The maximum Gasteiger partial charge on any atom is 0.224 e. The molecule has 7 heteroatoms. The van der Waals surface area contributed by atoms with Gasteiger partial charge in [-0.3, -0.25) is 9.00 Å². The molecule has 0 aliphatic rings. The van der Waals surface area contributed by atoms with Gasteiger partial charge >= 0.3 is 0 Å². The fourth-order valence-corrected chi connectivity index (χ4v) is 2.83. The minimum Gasteiger partial charge on any atom is -0.397 e. The third-order valence-corrected chi connectivity index (χ3v) is 4.27. The zero-order valence-electron chi connectivity index (χ0n) is 12.1. The molecule has 0 aliphatic heterocycles. The quantitative estimate of drug-likeness (QED) is 0.538. The van der Waals surface area contributed by atoms with Crippen LogP contribution in [0, 0.1) is 5.82 Å². The highest BCUT2D eigenvalue weighted by atomic mass is 32.2. The van der Waals surface area contributed by atoms with Gasteiger partial charge in [-0.1, -0.05) is 0 Å². The van der Waals surface area contributed by atoms with Gasteiger partial charge in [0, 0.05) is 42.4 Å². The molecule has 118 valence electrons. The van der Waals surface area contributed by atoms with Crippen LogP contribution < -0.4 is 11.1 Å². The molecule has 5 nitrogen and oxygen atoms in total. The average molecular weight is 316 g/mol. The largest absolute Gasteiger partial charge is 0.397 e. The molecule has 0 heterocycles. The van der Waals surface area contributed by atoms with Gasteiger partial charge in [-0.2, -0.15) is 0 Å². The van der Waals surface area contributed by atoms with Crippen molar-refractivity contribution in [1.82, 2.24) is 0 Å². The molecular formula is C14H21FN2O3S. The number of nitrogens with one attached hydrogen (secondary N) is 1. The Labute approximate surface area is 126 Å². The molecule has 0 saturated heterocycles. The second-order valence-electron chi connectivity index (χ2n) is 4.58. The summed E-state index contributed by atoms with van der Waals surface area (Å²) >= 11 is 0. The van der Waals surface area contributed by atoms with Crippen molar-refractivity contribution in [2.24, 2.45) is 0 Å². The highest BCUT2D eigenvalue weighted by molar-refractivity contribution is 7.84. The number of rotatable bonds is 9. The van der Waals surface area contributed by atoms with E-state index in [4.69, 9.17) is 10.5 Å². The van der Waals surface area contributed by atoms with E-state index in [0.29, 0.717) is 30.2 Å². The van der Waals surface area contributed by atoms with E-state index in [1.807, 2.05) is 0 Å². The van der Waals surface area contributed by atoms with Gasteiger partial charge in [0.25, 0.3) is 0 Å². The number of anilines is 2. The second-order valence-corrected chi connectivity index (χ2v) is 6.27. The summed E-state index contributed by atoms with van der Waals surface area (Å²) in [5, 5.41) is 2.61. The number of carbonyl (C=O) groups is 1. The van der Waals surface area contributed by atoms with Gasteiger partial charge < -0.3 is 15.8 Å². The summed E-state index contributed by atoms with van der Waals surface area (Å²) in [6.45, 7) is 0.593. The lowest BCUT2D eigenvalue weighted by Crippen LogP contribution is -2.14. The Bertz CT molecular complexity index is 497. The number of nitrogen functional groups attached to an aromatic ring is 1. The minimum absolute atomic E-state index is 0.187. The highest BCUT2D eigenvalue weighted by Crippen LogP contribution is 2.19. The Morgan fingerprint density at radius 2 is 2.10 bits per heavy atom. The van der Waals surface area contributed by atoms with Crippen LogP contribution in [-0.2, 0) is 20.3 Å². The van der Waals surface area contributed by atoms with E-state index in [-0.39, 0.29) is 18.0 Å². The Morgan fingerprint density at radius 3 is 2.76 bits per heavy atom. The normalized spacial score (nSPS) is 12.1. The second kappa shape index (κ2) is 9.46. The Kier molecular flexibility index (Phi) is 7.92. The summed E-state index contributed by atoms with van der Waals surface area (Å²) in [4.78, 5) is 11.7. The molecule has 1 aromatic carbocycles. The summed E-state index contributed by atoms with van der Waals surface area (Å²) in [6, 6.07) is 3.81. The molecule has 0 aliphatic carbocycles. The lowest BCUT2D eigenvalue weighted by Gasteiger charge is -2.08. The third-order valence-electron chi connectivity index (χ3n) is 2.78. The fraction of sp³-hybridized carbons (Fsp3) is 0.500. The van der Waals surface area contributed by atoms with Crippen molar-refractivity contribution < 1.29 is 18.1 Å². The Hall–Kier alpha value is -1.47. The summed E-state index contributed by atoms with van der Waals surface area (Å²) < 4.78 is 29.4. The molecule has 21 heavy (non-hydrogen) atoms. The number of amides is 1. The number of methoxy groups -OCH3 is 1. The smallest absolute Gasteiger partial charge is 0.224 e. The zero-order valence-corrected chi connectivity index (χ0v) is 12.9. The first kappa shape index (κ1) is 17.6. The third kappa shape index (κ3) is 7.19. The molecule has 1 aromatic rings. The van der Waals surface area contributed by atoms with Gasteiger partial charge in [-0.25, -0.2) is 4.39 Å². The summed E-state index contributed by atoms with van der Waals surface area (Å²) in [7, 11) is 0.679. The molecule has 0 saturated carbocycles. The van der Waals surface area contributed by atoms with Crippen LogP contribution >= 0.6 is 0 Å². The van der Waals surface area contributed by atoms with Crippen molar-refractivity contribution in [2.75, 3.05) is 36.3 Å². The van der Waals surface area contributed by atoms with Crippen LogP contribution in [-0.4, -0.2) is 35.3 Å². The van der Waals surface area contributed by atoms with E-state index in [9.17, 15) is 13.4 Å². The molecule has 0 radical (unpaired) electrons. The van der Waals surface area contributed by atoms with Gasteiger partial charge in [0.05, 0.1) is 11.4 Å². The van der Waals surface area contributed by atoms with Crippen LogP contribution in [0.2, 0.25) is 0 Å². The Morgan fingerprint density at radius 1 is 1.38 bits per heavy atom. The average Bonchev–Trinajstić information content (AvgIpc) is 2.42. The van der Waals surface area contributed by atoms with E-state index < -0.39 is 16.6 Å². The van der Waals surface area contributed by atoms with Crippen LogP contribution in [0.3, 0.4) is 0 Å². The molecule has 3 N–H and O–H groups in total. The summed E-state index contributed by atoms with van der Waals surface area (Å²) in [5.74, 6) is 0.398. The predicted molar refractivity (Wildman–Crippen MR) is 83.0 cm³/mol. The zero-order chi connectivity index (χ0) is 15.7. The highest BCUT2D eigenvalue weighted by Gasteiger charge is 2.07. The van der Waals surface area contributed by atoms with Crippen LogP contribution in [0.1, 0.15) is 19.3 Å². The molecule has 0 bridgehead atoms. The van der Waals surface area contributed by atoms with E-state index in [1.54, 1.807) is 7.11 Å². The van der Waals surface area contributed by atoms with Crippen LogP contribution in [0.4, 0.5) is 15.8 Å². The first-order valence-corrected chi connectivity index (χ1v) is 8.20. The first-order valence-electron chi connectivity index (χ1n) is 6.71. The maximum absolute atomic E-state index is 12.9. The van der Waals surface area contributed by atoms with Gasteiger partial charge in [0.15, 0.2) is 0 Å². The number of carbonyl (C=O) groups excluding carboxylic acids is 1. The number of hydrogen-bond donors (Lipinski definition) is 2. The van der Waals surface area contributed by atoms with Crippen LogP contribution in [0.15, 0.2) is 18.2 Å². The van der Waals surface area contributed by atoms with Crippen molar-refractivity contribution in [1.29, 1.82) is 0 Å². The topological polar surface area (TPSA) is 81.4 Å². The molecule has 1 amide bonds. The van der Waals surface area contributed by atoms with Crippen molar-refractivity contribution in [3.8, 4) is 0 Å². The van der Waals surface area contributed by atoms with E-state index in [0.717, 1.165) is 12.5 Å². The maximum atomic E-state index is 12.9. The molecular weight excluding hydrogens is 295 g/mol. The monoisotopic (exact) mass is 316 g/mol. The van der Waals surface area contributed by atoms with Crippen molar-refractivity contribution in [3.63, 3.8) is 0 Å². The van der Waals surface area contributed by atoms with Crippen LogP contribution in [0.25, 0.3) is 0 Å². The SMILES string of the molecule is COCCCS(=O)CCCC(=O)Nc1ccc(F)cc1N. The molecule has 1 unspecified atom stereocenters. The standard InChI is InChI=1S/C14H21FN2O3S/c1-20-7-3-9-21(19)8-2-4-14(18)17-13-6-5-11(15)10-12(13)16/h5-6,10H,2-4,7-9,16H2,1H3,(H,17,18). The van der Waals surface area contributed by atoms with E-state index >= 15 is 0 Å². The van der Waals surface area contributed by atoms with Gasteiger partial charge in [0.2, 0.25) is 5.91 Å². The van der Waals surface area contributed by atoms with Gasteiger partial charge in [0.1, 0.15) is 5.82 Å². The van der Waals surface area contributed by atoms with Gasteiger partial charge in [-0.15, -0.1) is 0 Å². The molecule has 0 fully saturated rings. The summed E-state index contributed by atoms with van der Waals surface area (Å²) in [6.07, 6.45) is 1.54. The van der Waals surface area contributed by atoms with Crippen LogP contribution in [0.5, 0.6) is 0 Å². The number of benzene rings is 1.